The molecule has 3 rings (SSSR count). The number of benzene rings is 2. The van der Waals surface area contributed by atoms with Gasteiger partial charge in [-0.1, -0.05) is 36.5 Å². The van der Waals surface area contributed by atoms with Crippen molar-refractivity contribution >= 4 is 44.8 Å². The van der Waals surface area contributed by atoms with Crippen LogP contribution in [0.25, 0.3) is 0 Å². The first-order valence-electron chi connectivity index (χ1n) is 9.21. The van der Waals surface area contributed by atoms with Gasteiger partial charge in [0.05, 0.1) is 15.5 Å². The molecule has 1 amide bonds. The first-order valence-corrected chi connectivity index (χ1v) is 11.4. The van der Waals surface area contributed by atoms with Crippen LogP contribution in [-0.4, -0.2) is 31.2 Å². The maximum absolute atomic E-state index is 13.0. The molecule has 8 heteroatoms. The monoisotopic (exact) mass is 440 g/mol. The van der Waals surface area contributed by atoms with Crippen molar-refractivity contribution in [2.75, 3.05) is 11.9 Å². The van der Waals surface area contributed by atoms with Crippen molar-refractivity contribution in [1.29, 1.82) is 0 Å². The summed E-state index contributed by atoms with van der Waals surface area (Å²) < 4.78 is 27.6. The first-order chi connectivity index (χ1) is 13.3. The van der Waals surface area contributed by atoms with Crippen molar-refractivity contribution in [3.8, 4) is 0 Å². The molecule has 0 saturated carbocycles. The van der Waals surface area contributed by atoms with E-state index in [1.54, 1.807) is 28.6 Å². The van der Waals surface area contributed by atoms with Crippen LogP contribution in [0, 0.1) is 0 Å². The number of hydrogen-bond donors (Lipinski definition) is 1. The summed E-state index contributed by atoms with van der Waals surface area (Å²) in [5, 5.41) is 3.41. The van der Waals surface area contributed by atoms with E-state index >= 15 is 0 Å². The quantitative estimate of drug-likeness (QED) is 0.694. The van der Waals surface area contributed by atoms with E-state index in [0.29, 0.717) is 17.3 Å². The number of nitrogens with zero attached hydrogens (tertiary/aromatic N) is 1. The summed E-state index contributed by atoms with van der Waals surface area (Å²) in [7, 11) is -3.55. The molecule has 2 aromatic carbocycles. The molecule has 5 nitrogen and oxygen atoms in total. The van der Waals surface area contributed by atoms with Gasteiger partial charge in [-0.15, -0.1) is 0 Å². The van der Waals surface area contributed by atoms with Crippen LogP contribution in [-0.2, 0) is 10.0 Å². The van der Waals surface area contributed by atoms with Crippen molar-refractivity contribution in [3.63, 3.8) is 0 Å². The maximum atomic E-state index is 13.0. The van der Waals surface area contributed by atoms with Crippen LogP contribution in [0.3, 0.4) is 0 Å². The summed E-state index contributed by atoms with van der Waals surface area (Å²) in [6.07, 6.45) is 3.63. The van der Waals surface area contributed by atoms with Crippen LogP contribution < -0.4 is 5.32 Å². The summed E-state index contributed by atoms with van der Waals surface area (Å²) in [5.74, 6) is -0.412. The van der Waals surface area contributed by atoms with E-state index in [1.165, 1.54) is 18.2 Å². The van der Waals surface area contributed by atoms with Crippen LogP contribution in [0.15, 0.2) is 47.4 Å². The second-order valence-electron chi connectivity index (χ2n) is 6.78. The van der Waals surface area contributed by atoms with Crippen LogP contribution >= 0.6 is 23.2 Å². The zero-order chi connectivity index (χ0) is 20.3. The predicted octanol–water partition coefficient (Wildman–Crippen LogP) is 5.20. The first kappa shape index (κ1) is 21.1. The fraction of sp³-hybridized carbons (Fsp3) is 0.350. The number of halogens is 2. The zero-order valence-corrected chi connectivity index (χ0v) is 17.8. The molecule has 2 aromatic rings. The number of rotatable bonds is 5. The van der Waals surface area contributed by atoms with E-state index in [0.717, 1.165) is 25.7 Å². The molecule has 28 heavy (non-hydrogen) atoms. The van der Waals surface area contributed by atoms with Gasteiger partial charge in [-0.05, 0) is 61.7 Å². The summed E-state index contributed by atoms with van der Waals surface area (Å²) >= 11 is 12.0. The normalized spacial score (nSPS) is 18.0. The molecule has 1 fully saturated rings. The van der Waals surface area contributed by atoms with Crippen LogP contribution in [0.2, 0.25) is 10.0 Å². The minimum Gasteiger partial charge on any atom is -0.322 e. The summed E-state index contributed by atoms with van der Waals surface area (Å²) in [5.41, 5.74) is 0.732. The van der Waals surface area contributed by atoms with Crippen LogP contribution in [0.4, 0.5) is 5.69 Å². The van der Waals surface area contributed by atoms with E-state index in [2.05, 4.69) is 5.32 Å². The summed E-state index contributed by atoms with van der Waals surface area (Å²) in [4.78, 5) is 12.6. The molecule has 0 aliphatic carbocycles. The molecule has 1 N–H and O–H groups in total. The Balaban J connectivity index is 1.77. The average Bonchev–Trinajstić information content (AvgIpc) is 2.70. The van der Waals surface area contributed by atoms with Gasteiger partial charge in [-0.25, -0.2) is 8.42 Å². The molecule has 1 heterocycles. The second-order valence-corrected chi connectivity index (χ2v) is 9.51. The Morgan fingerprint density at radius 1 is 1.14 bits per heavy atom. The van der Waals surface area contributed by atoms with E-state index in [9.17, 15) is 13.2 Å². The minimum atomic E-state index is -3.55. The molecule has 1 aliphatic heterocycles. The Morgan fingerprint density at radius 3 is 2.54 bits per heavy atom. The SMILES string of the molecule is CC[C@@H]1CCCCN1S(=O)(=O)c1ccc(NC(=O)c2cc(Cl)ccc2Cl)cc1. The number of carbonyl (C=O) groups excluding carboxylic acids is 1. The fourth-order valence-electron chi connectivity index (χ4n) is 3.41. The lowest BCUT2D eigenvalue weighted by atomic mass is 10.0. The fourth-order valence-corrected chi connectivity index (χ4v) is 5.56. The van der Waals surface area contributed by atoms with Crippen molar-refractivity contribution in [2.45, 2.75) is 43.5 Å². The third kappa shape index (κ3) is 4.51. The van der Waals surface area contributed by atoms with Gasteiger partial charge in [-0.2, -0.15) is 4.31 Å². The van der Waals surface area contributed by atoms with E-state index in [1.807, 2.05) is 6.92 Å². The molecule has 1 atom stereocenters. The summed E-state index contributed by atoms with van der Waals surface area (Å²) in [6, 6.07) is 10.9. The van der Waals surface area contributed by atoms with Gasteiger partial charge < -0.3 is 5.32 Å². The van der Waals surface area contributed by atoms with E-state index < -0.39 is 15.9 Å². The molecular weight excluding hydrogens is 419 g/mol. The lowest BCUT2D eigenvalue weighted by Gasteiger charge is -2.34. The van der Waals surface area contributed by atoms with Crippen molar-refractivity contribution in [3.05, 3.63) is 58.1 Å². The number of carbonyl (C=O) groups is 1. The standard InChI is InChI=1S/C20H22Cl2N2O3S/c1-2-16-5-3-4-12-24(16)28(26,27)17-9-7-15(8-10-17)23-20(25)18-13-14(21)6-11-19(18)22/h6-11,13,16H,2-5,12H2,1H3,(H,23,25)/t16-/m1/s1. The number of amides is 1. The average molecular weight is 441 g/mol. The maximum Gasteiger partial charge on any atom is 0.257 e. The number of nitrogens with one attached hydrogen (secondary N) is 1. The third-order valence-electron chi connectivity index (χ3n) is 4.94. The Bertz CT molecular complexity index is 962. The van der Waals surface area contributed by atoms with Crippen LogP contribution in [0.5, 0.6) is 0 Å². The number of piperidine rings is 1. The molecule has 150 valence electrons. The predicted molar refractivity (Wildman–Crippen MR) is 113 cm³/mol. The molecule has 1 aliphatic rings. The molecule has 0 spiro atoms. The largest absolute Gasteiger partial charge is 0.322 e. The number of anilines is 1. The van der Waals surface area contributed by atoms with Crippen LogP contribution in [0.1, 0.15) is 43.0 Å². The Morgan fingerprint density at radius 2 is 1.86 bits per heavy atom. The molecular formula is C20H22Cl2N2O3S. The van der Waals surface area contributed by atoms with Gasteiger partial charge in [0.1, 0.15) is 0 Å². The Kier molecular flexibility index (Phi) is 6.65. The molecule has 0 radical (unpaired) electrons. The lowest BCUT2D eigenvalue weighted by molar-refractivity contribution is 0.102. The second kappa shape index (κ2) is 8.82. The van der Waals surface area contributed by atoms with E-state index in [4.69, 9.17) is 23.2 Å². The van der Waals surface area contributed by atoms with Crippen molar-refractivity contribution < 1.29 is 13.2 Å². The topological polar surface area (TPSA) is 66.5 Å². The van der Waals surface area contributed by atoms with E-state index in [-0.39, 0.29) is 21.5 Å². The minimum absolute atomic E-state index is 0.0445. The number of sulfonamides is 1. The van der Waals surface area contributed by atoms with Gasteiger partial charge >= 0.3 is 0 Å². The smallest absolute Gasteiger partial charge is 0.257 e. The van der Waals surface area contributed by atoms with Gasteiger partial charge in [0.25, 0.3) is 5.91 Å². The zero-order valence-electron chi connectivity index (χ0n) is 15.5. The molecule has 0 bridgehead atoms. The highest BCUT2D eigenvalue weighted by Gasteiger charge is 2.32. The van der Waals surface area contributed by atoms with Gasteiger partial charge in [-0.3, -0.25) is 4.79 Å². The third-order valence-corrected chi connectivity index (χ3v) is 7.47. The van der Waals surface area contributed by atoms with Crippen molar-refractivity contribution in [1.82, 2.24) is 4.31 Å². The van der Waals surface area contributed by atoms with Gasteiger partial charge in [0.2, 0.25) is 10.0 Å². The van der Waals surface area contributed by atoms with Crippen molar-refractivity contribution in [2.24, 2.45) is 0 Å². The number of hydrogen-bond acceptors (Lipinski definition) is 3. The Labute approximate surface area is 175 Å². The highest BCUT2D eigenvalue weighted by Crippen LogP contribution is 2.28. The lowest BCUT2D eigenvalue weighted by Crippen LogP contribution is -2.43. The van der Waals surface area contributed by atoms with Gasteiger partial charge in [0, 0.05) is 23.3 Å². The Hall–Kier alpha value is -1.60. The van der Waals surface area contributed by atoms with Gasteiger partial charge in [0.15, 0.2) is 0 Å². The molecule has 1 saturated heterocycles. The molecule has 0 aromatic heterocycles. The highest BCUT2D eigenvalue weighted by molar-refractivity contribution is 7.89. The summed E-state index contributed by atoms with van der Waals surface area (Å²) in [6.45, 7) is 2.56. The highest BCUT2D eigenvalue weighted by atomic mass is 35.5. The molecule has 0 unspecified atom stereocenters.